The maximum atomic E-state index is 13.7. The lowest BCUT2D eigenvalue weighted by Crippen LogP contribution is -2.33. The van der Waals surface area contributed by atoms with Gasteiger partial charge in [0, 0.05) is 19.3 Å². The number of aryl methyl sites for hydroxylation is 1. The number of thioether (sulfide) groups is 1. The molecule has 184 valence electrons. The maximum Gasteiger partial charge on any atom is 0.267 e. The number of aromatic nitrogens is 2. The third kappa shape index (κ3) is 4.04. The van der Waals surface area contributed by atoms with Crippen molar-refractivity contribution < 1.29 is 14.3 Å². The van der Waals surface area contributed by atoms with E-state index in [0.717, 1.165) is 43.5 Å². The summed E-state index contributed by atoms with van der Waals surface area (Å²) in [7, 11) is 0. The van der Waals surface area contributed by atoms with Crippen molar-refractivity contribution in [2.45, 2.75) is 32.7 Å². The number of thiocarbonyl (C=S) groups is 1. The summed E-state index contributed by atoms with van der Waals surface area (Å²) in [6.07, 6.45) is 6.65. The van der Waals surface area contributed by atoms with Crippen LogP contribution in [0, 0.1) is 6.92 Å². The zero-order chi connectivity index (χ0) is 24.8. The Hall–Kier alpha value is -3.37. The molecule has 0 unspecified atom stereocenters. The molecule has 6 rings (SSSR count). The molecule has 3 aliphatic heterocycles. The van der Waals surface area contributed by atoms with Gasteiger partial charge in [-0.3, -0.25) is 18.9 Å². The van der Waals surface area contributed by atoms with Crippen LogP contribution in [0.2, 0.25) is 0 Å². The third-order valence-electron chi connectivity index (χ3n) is 6.65. The van der Waals surface area contributed by atoms with Gasteiger partial charge < -0.3 is 14.4 Å². The van der Waals surface area contributed by atoms with Crippen LogP contribution in [0.3, 0.4) is 0 Å². The van der Waals surface area contributed by atoms with Crippen molar-refractivity contribution >= 4 is 51.7 Å². The van der Waals surface area contributed by atoms with E-state index in [2.05, 4.69) is 4.90 Å². The molecule has 3 aliphatic rings. The number of anilines is 1. The summed E-state index contributed by atoms with van der Waals surface area (Å²) in [4.78, 5) is 36.1. The number of rotatable bonds is 4. The van der Waals surface area contributed by atoms with Gasteiger partial charge in [-0.2, -0.15) is 0 Å². The van der Waals surface area contributed by atoms with Gasteiger partial charge in [0.25, 0.3) is 11.5 Å². The molecule has 1 aromatic carbocycles. The van der Waals surface area contributed by atoms with Gasteiger partial charge in [0.1, 0.15) is 15.8 Å². The summed E-state index contributed by atoms with van der Waals surface area (Å²) in [6, 6.07) is 9.37. The van der Waals surface area contributed by atoms with Crippen LogP contribution in [-0.4, -0.2) is 44.4 Å². The molecule has 0 bridgehead atoms. The van der Waals surface area contributed by atoms with Crippen LogP contribution in [0.5, 0.6) is 11.5 Å². The fourth-order valence-electron chi connectivity index (χ4n) is 4.76. The van der Waals surface area contributed by atoms with Gasteiger partial charge in [-0.15, -0.1) is 0 Å². The van der Waals surface area contributed by atoms with Crippen LogP contribution in [0.15, 0.2) is 46.2 Å². The lowest BCUT2D eigenvalue weighted by molar-refractivity contribution is -0.122. The van der Waals surface area contributed by atoms with Crippen molar-refractivity contribution in [1.82, 2.24) is 14.3 Å². The van der Waals surface area contributed by atoms with Gasteiger partial charge in [-0.25, -0.2) is 4.98 Å². The minimum Gasteiger partial charge on any atom is -0.454 e. The molecule has 36 heavy (non-hydrogen) atoms. The Bertz CT molecular complexity index is 1490. The number of carbonyl (C=O) groups is 1. The van der Waals surface area contributed by atoms with E-state index in [0.29, 0.717) is 44.3 Å². The zero-order valence-corrected chi connectivity index (χ0v) is 21.4. The monoisotopic (exact) mass is 520 g/mol. The molecule has 8 nitrogen and oxygen atoms in total. The zero-order valence-electron chi connectivity index (χ0n) is 19.7. The fourth-order valence-corrected chi connectivity index (χ4v) is 6.00. The van der Waals surface area contributed by atoms with E-state index in [1.807, 2.05) is 37.3 Å². The second-order valence-electron chi connectivity index (χ2n) is 9.04. The van der Waals surface area contributed by atoms with Gasteiger partial charge in [-0.1, -0.05) is 36.1 Å². The van der Waals surface area contributed by atoms with E-state index < -0.39 is 0 Å². The summed E-state index contributed by atoms with van der Waals surface area (Å²) >= 11 is 6.77. The van der Waals surface area contributed by atoms with Gasteiger partial charge >= 0.3 is 0 Å². The molecule has 2 aromatic heterocycles. The number of piperidine rings is 1. The predicted octanol–water partition coefficient (Wildman–Crippen LogP) is 4.12. The topological polar surface area (TPSA) is 76.4 Å². The third-order valence-corrected chi connectivity index (χ3v) is 8.02. The van der Waals surface area contributed by atoms with E-state index in [4.69, 9.17) is 26.7 Å². The molecule has 0 saturated carbocycles. The highest BCUT2D eigenvalue weighted by Gasteiger charge is 2.33. The van der Waals surface area contributed by atoms with Crippen molar-refractivity contribution in [3.05, 3.63) is 68.5 Å². The quantitative estimate of drug-likeness (QED) is 0.376. The second-order valence-corrected chi connectivity index (χ2v) is 10.7. The number of benzene rings is 1. The van der Waals surface area contributed by atoms with Crippen LogP contribution in [0.1, 0.15) is 36.0 Å². The van der Waals surface area contributed by atoms with Crippen LogP contribution >= 0.6 is 24.0 Å². The SMILES string of the molecule is Cc1cccn2c(=O)c(/C=C3/SC(=S)N(Cc4ccc5c(c4)OCO5)C3=O)c(N3CCCCC3)nc12. The van der Waals surface area contributed by atoms with E-state index in [1.165, 1.54) is 11.8 Å². The molecular weight excluding hydrogens is 496 g/mol. The first-order chi connectivity index (χ1) is 17.5. The van der Waals surface area contributed by atoms with E-state index in [1.54, 1.807) is 21.6 Å². The molecule has 0 radical (unpaired) electrons. The molecular formula is C26H24N4O4S2. The molecule has 2 saturated heterocycles. The Kier molecular flexibility index (Phi) is 5.93. The highest BCUT2D eigenvalue weighted by atomic mass is 32.2. The van der Waals surface area contributed by atoms with Gasteiger partial charge in [0.05, 0.1) is 17.0 Å². The van der Waals surface area contributed by atoms with Crippen LogP contribution in [0.4, 0.5) is 5.82 Å². The molecule has 0 N–H and O–H groups in total. The Morgan fingerprint density at radius 2 is 1.92 bits per heavy atom. The highest BCUT2D eigenvalue weighted by molar-refractivity contribution is 8.26. The summed E-state index contributed by atoms with van der Waals surface area (Å²) in [5.74, 6) is 1.76. The van der Waals surface area contributed by atoms with Gasteiger partial charge in [-0.05, 0) is 61.6 Å². The number of ether oxygens (including phenoxy) is 2. The standard InChI is InChI=1S/C26H24N4O4S2/c1-16-6-5-11-29-22(16)27-23(28-9-3-2-4-10-28)18(24(29)31)13-21-25(32)30(26(35)36-21)14-17-7-8-19-20(12-17)34-15-33-19/h5-8,11-13H,2-4,9-10,14-15H2,1H3/b21-13+. The normalized spacial score (nSPS) is 18.6. The molecule has 0 aliphatic carbocycles. The largest absolute Gasteiger partial charge is 0.454 e. The van der Waals surface area contributed by atoms with Crippen molar-refractivity contribution in [2.24, 2.45) is 0 Å². The molecule has 0 spiro atoms. The second kappa shape index (κ2) is 9.25. The van der Waals surface area contributed by atoms with Gasteiger partial charge in [0.2, 0.25) is 6.79 Å². The Balaban J connectivity index is 1.38. The molecule has 3 aromatic rings. The fraction of sp³-hybridized carbons (Fsp3) is 0.308. The molecule has 0 atom stereocenters. The van der Waals surface area contributed by atoms with Crippen LogP contribution < -0.4 is 19.9 Å². The van der Waals surface area contributed by atoms with Gasteiger partial charge in [0.15, 0.2) is 11.5 Å². The Labute approximate surface area is 217 Å². The first kappa shape index (κ1) is 23.1. The lowest BCUT2D eigenvalue weighted by Gasteiger charge is -2.29. The van der Waals surface area contributed by atoms with Crippen molar-refractivity contribution in [3.63, 3.8) is 0 Å². The average molecular weight is 521 g/mol. The smallest absolute Gasteiger partial charge is 0.267 e. The van der Waals surface area contributed by atoms with Crippen LogP contribution in [0.25, 0.3) is 11.7 Å². The van der Waals surface area contributed by atoms with Crippen molar-refractivity contribution in [2.75, 3.05) is 24.8 Å². The average Bonchev–Trinajstić information content (AvgIpc) is 3.46. The first-order valence-corrected chi connectivity index (χ1v) is 13.1. The number of amides is 1. The van der Waals surface area contributed by atoms with E-state index >= 15 is 0 Å². The van der Waals surface area contributed by atoms with Crippen molar-refractivity contribution in [3.8, 4) is 11.5 Å². The summed E-state index contributed by atoms with van der Waals surface area (Å²) in [5, 5.41) is 0. The summed E-state index contributed by atoms with van der Waals surface area (Å²) < 4.78 is 12.8. The van der Waals surface area contributed by atoms with Crippen LogP contribution in [-0.2, 0) is 11.3 Å². The minimum absolute atomic E-state index is 0.190. The number of fused-ring (bicyclic) bond motifs is 2. The molecule has 5 heterocycles. The van der Waals surface area contributed by atoms with E-state index in [-0.39, 0.29) is 18.3 Å². The molecule has 10 heteroatoms. The number of hydrogen-bond acceptors (Lipinski definition) is 8. The lowest BCUT2D eigenvalue weighted by atomic mass is 10.1. The van der Waals surface area contributed by atoms with E-state index in [9.17, 15) is 9.59 Å². The Morgan fingerprint density at radius 3 is 2.75 bits per heavy atom. The molecule has 2 fully saturated rings. The number of carbonyl (C=O) groups excluding carboxylic acids is 1. The predicted molar refractivity (Wildman–Crippen MR) is 144 cm³/mol. The molecule has 1 amide bonds. The number of pyridine rings is 1. The minimum atomic E-state index is -0.221. The number of hydrogen-bond donors (Lipinski definition) is 0. The summed E-state index contributed by atoms with van der Waals surface area (Å²) in [6.45, 7) is 4.12. The van der Waals surface area contributed by atoms with Crippen molar-refractivity contribution in [1.29, 1.82) is 0 Å². The number of nitrogens with zero attached hydrogens (tertiary/aromatic N) is 4. The first-order valence-electron chi connectivity index (χ1n) is 11.9. The maximum absolute atomic E-state index is 13.7. The summed E-state index contributed by atoms with van der Waals surface area (Å²) in [5.41, 5.74) is 2.67. The Morgan fingerprint density at radius 1 is 1.11 bits per heavy atom. The highest BCUT2D eigenvalue weighted by Crippen LogP contribution is 2.37.